The van der Waals surface area contributed by atoms with Crippen LogP contribution in [0.2, 0.25) is 0 Å². The van der Waals surface area contributed by atoms with Gasteiger partial charge in [-0.3, -0.25) is 19.2 Å². The van der Waals surface area contributed by atoms with Crippen molar-refractivity contribution in [3.63, 3.8) is 0 Å². The smallest absolute Gasteiger partial charge is 0.347 e. The van der Waals surface area contributed by atoms with Gasteiger partial charge in [0, 0.05) is 25.2 Å². The lowest BCUT2D eigenvalue weighted by atomic mass is 10.0. The number of aromatic nitrogens is 2. The summed E-state index contributed by atoms with van der Waals surface area (Å²) in [4.78, 5) is 60.8. The highest BCUT2D eigenvalue weighted by Crippen LogP contribution is 2.29. The van der Waals surface area contributed by atoms with Gasteiger partial charge >= 0.3 is 23.6 Å². The van der Waals surface area contributed by atoms with E-state index in [2.05, 4.69) is 15.9 Å². The second-order valence-electron chi connectivity index (χ2n) is 7.71. The monoisotopic (exact) mass is 606 g/mol. The molecular formula is C21H20BrFN2O11S. The molecule has 0 unspecified atom stereocenters. The SMILES string of the molecule is CC(=O)O[C@@H]1[C@@H](OC(C)=O)[C@H](OC(C)=O)CO[C@H]1n1c(=O)c(F)cn(S(=O)(=O)c2ccc(Br)cc2)c1=O. The van der Waals surface area contributed by atoms with Crippen molar-refractivity contribution in [3.05, 3.63) is 61.6 Å². The number of halogens is 2. The predicted octanol–water partition coefficient (Wildman–Crippen LogP) is 0.472. The Morgan fingerprint density at radius 2 is 1.51 bits per heavy atom. The van der Waals surface area contributed by atoms with E-state index in [0.717, 1.165) is 32.9 Å². The van der Waals surface area contributed by atoms with E-state index in [1.807, 2.05) is 0 Å². The molecule has 0 spiro atoms. The van der Waals surface area contributed by atoms with E-state index in [4.69, 9.17) is 18.9 Å². The number of esters is 3. The molecule has 0 bridgehead atoms. The van der Waals surface area contributed by atoms with Gasteiger partial charge in [-0.1, -0.05) is 15.9 Å². The van der Waals surface area contributed by atoms with E-state index in [1.54, 1.807) is 0 Å². The van der Waals surface area contributed by atoms with Crippen molar-refractivity contribution in [1.29, 1.82) is 0 Å². The van der Waals surface area contributed by atoms with Crippen LogP contribution in [0.5, 0.6) is 0 Å². The number of benzene rings is 1. The van der Waals surface area contributed by atoms with Crippen LogP contribution in [0.15, 0.2) is 49.4 Å². The minimum atomic E-state index is -4.72. The van der Waals surface area contributed by atoms with Gasteiger partial charge in [-0.25, -0.2) is 17.8 Å². The summed E-state index contributed by atoms with van der Waals surface area (Å²) < 4.78 is 62.4. The Hall–Kier alpha value is -3.37. The maximum atomic E-state index is 14.7. The van der Waals surface area contributed by atoms with Crippen molar-refractivity contribution < 1.29 is 46.1 Å². The van der Waals surface area contributed by atoms with Gasteiger partial charge in [-0.05, 0) is 24.3 Å². The fourth-order valence-corrected chi connectivity index (χ4v) is 5.08. The Labute approximate surface area is 216 Å². The molecule has 0 aliphatic carbocycles. The van der Waals surface area contributed by atoms with Crippen molar-refractivity contribution >= 4 is 43.9 Å². The highest BCUT2D eigenvalue weighted by atomic mass is 79.9. The lowest BCUT2D eigenvalue weighted by molar-refractivity contribution is -0.240. The summed E-state index contributed by atoms with van der Waals surface area (Å²) in [6.45, 7) is 2.39. The number of nitrogens with zero attached hydrogens (tertiary/aromatic N) is 2. The van der Waals surface area contributed by atoms with E-state index < -0.39 is 81.0 Å². The summed E-state index contributed by atoms with van der Waals surface area (Å²) in [5.41, 5.74) is -3.18. The maximum absolute atomic E-state index is 14.7. The molecule has 0 saturated carbocycles. The van der Waals surface area contributed by atoms with Gasteiger partial charge < -0.3 is 18.9 Å². The lowest BCUT2D eigenvalue weighted by Gasteiger charge is -2.40. The minimum Gasteiger partial charge on any atom is -0.456 e. The van der Waals surface area contributed by atoms with Crippen molar-refractivity contribution in [1.82, 2.24) is 8.54 Å². The third kappa shape index (κ3) is 5.97. The molecule has 1 aliphatic rings. The predicted molar refractivity (Wildman–Crippen MR) is 123 cm³/mol. The maximum Gasteiger partial charge on any atom is 0.347 e. The van der Waals surface area contributed by atoms with Gasteiger partial charge in [0.25, 0.3) is 15.6 Å². The molecule has 1 saturated heterocycles. The normalized spacial score (nSPS) is 21.6. The lowest BCUT2D eigenvalue weighted by Crippen LogP contribution is -2.59. The first-order valence-electron chi connectivity index (χ1n) is 10.4. The van der Waals surface area contributed by atoms with Crippen LogP contribution in [0.4, 0.5) is 4.39 Å². The van der Waals surface area contributed by atoms with Crippen LogP contribution in [-0.4, -0.2) is 59.8 Å². The van der Waals surface area contributed by atoms with Gasteiger partial charge in [0.1, 0.15) is 0 Å². The van der Waals surface area contributed by atoms with Crippen LogP contribution in [0, 0.1) is 5.82 Å². The summed E-state index contributed by atoms with van der Waals surface area (Å²) in [6.07, 6.45) is -6.54. The topological polar surface area (TPSA) is 166 Å². The van der Waals surface area contributed by atoms with Crippen molar-refractivity contribution in [3.8, 4) is 0 Å². The second kappa shape index (κ2) is 10.9. The van der Waals surface area contributed by atoms with Crippen molar-refractivity contribution in [2.45, 2.75) is 50.2 Å². The van der Waals surface area contributed by atoms with Crippen LogP contribution in [0.1, 0.15) is 27.0 Å². The highest BCUT2D eigenvalue weighted by Gasteiger charge is 2.49. The fraction of sp³-hybridized carbons (Fsp3) is 0.381. The molecule has 16 heteroatoms. The number of ether oxygens (including phenoxy) is 4. The summed E-state index contributed by atoms with van der Waals surface area (Å²) in [6, 6.07) is 5.01. The van der Waals surface area contributed by atoms with Gasteiger partial charge in [-0.15, -0.1) is 0 Å². The average Bonchev–Trinajstić information content (AvgIpc) is 2.79. The van der Waals surface area contributed by atoms with Gasteiger partial charge in [-0.2, -0.15) is 8.36 Å². The van der Waals surface area contributed by atoms with E-state index in [0.29, 0.717) is 4.47 Å². The number of carbonyl (C=O) groups is 3. The van der Waals surface area contributed by atoms with Crippen molar-refractivity contribution in [2.75, 3.05) is 6.61 Å². The molecule has 1 aromatic carbocycles. The first-order chi connectivity index (χ1) is 17.2. The summed E-state index contributed by atoms with van der Waals surface area (Å²) in [5, 5.41) is 0. The highest BCUT2D eigenvalue weighted by molar-refractivity contribution is 9.10. The third-order valence-corrected chi connectivity index (χ3v) is 7.17. The Morgan fingerprint density at radius 3 is 2.05 bits per heavy atom. The molecule has 2 heterocycles. The number of rotatable bonds is 6. The van der Waals surface area contributed by atoms with E-state index >= 15 is 0 Å². The summed E-state index contributed by atoms with van der Waals surface area (Å²) in [7, 11) is -4.72. The molecule has 1 aromatic heterocycles. The molecule has 3 rings (SSSR count). The Balaban J connectivity index is 2.22. The van der Waals surface area contributed by atoms with Gasteiger partial charge in [0.05, 0.1) is 17.7 Å². The molecule has 37 heavy (non-hydrogen) atoms. The zero-order valence-corrected chi connectivity index (χ0v) is 21.9. The quantitative estimate of drug-likeness (QED) is 0.331. The first-order valence-corrected chi connectivity index (χ1v) is 12.7. The second-order valence-corrected chi connectivity index (χ2v) is 10.4. The molecule has 4 atom stereocenters. The summed E-state index contributed by atoms with van der Waals surface area (Å²) >= 11 is 3.14. The molecule has 1 fully saturated rings. The molecular weight excluding hydrogens is 587 g/mol. The zero-order chi connectivity index (χ0) is 27.7. The molecule has 2 aromatic rings. The average molecular weight is 607 g/mol. The third-order valence-electron chi connectivity index (χ3n) is 5.00. The molecule has 0 N–H and O–H groups in total. The zero-order valence-electron chi connectivity index (χ0n) is 19.5. The molecule has 1 aliphatic heterocycles. The Morgan fingerprint density at radius 1 is 0.973 bits per heavy atom. The van der Waals surface area contributed by atoms with Crippen LogP contribution in [0.3, 0.4) is 0 Å². The van der Waals surface area contributed by atoms with Crippen molar-refractivity contribution in [2.24, 2.45) is 0 Å². The molecule has 0 amide bonds. The minimum absolute atomic E-state index is 0.0137. The van der Waals surface area contributed by atoms with E-state index in [9.17, 15) is 36.8 Å². The fourth-order valence-electron chi connectivity index (χ4n) is 3.58. The van der Waals surface area contributed by atoms with E-state index in [-0.39, 0.29) is 14.7 Å². The van der Waals surface area contributed by atoms with Gasteiger partial charge in [0.15, 0.2) is 24.5 Å². The number of hydrogen-bond acceptors (Lipinski definition) is 11. The molecule has 0 radical (unpaired) electrons. The molecule has 200 valence electrons. The Kier molecular flexibility index (Phi) is 8.34. The van der Waals surface area contributed by atoms with Crippen LogP contribution < -0.4 is 11.2 Å². The van der Waals surface area contributed by atoms with Crippen LogP contribution in [-0.2, 0) is 43.4 Å². The molecule has 13 nitrogen and oxygen atoms in total. The largest absolute Gasteiger partial charge is 0.456 e. The van der Waals surface area contributed by atoms with Crippen LogP contribution >= 0.6 is 15.9 Å². The van der Waals surface area contributed by atoms with Gasteiger partial charge in [0.2, 0.25) is 5.82 Å². The number of hydrogen-bond donors (Lipinski definition) is 0. The van der Waals surface area contributed by atoms with E-state index in [1.165, 1.54) is 12.1 Å². The standard InChI is InChI=1S/C21H20BrFN2O11S/c1-10(26)34-16-9-33-20(18(36-12(3)28)17(16)35-11(2)27)25-19(29)15(23)8-24(21(25)30)37(31,32)14-6-4-13(22)5-7-14/h4-8,16-18,20H,9H2,1-3H3/t16-,17+,18-,20-/m1/s1. The van der Waals surface area contributed by atoms with Crippen LogP contribution in [0.25, 0.3) is 0 Å². The Bertz CT molecular complexity index is 1450. The number of carbonyl (C=O) groups excluding carboxylic acids is 3. The first kappa shape index (κ1) is 28.2. The summed E-state index contributed by atoms with van der Waals surface area (Å²) in [5.74, 6) is -4.39.